The molecule has 0 aliphatic carbocycles. The Hall–Kier alpha value is -0.650. The summed E-state index contributed by atoms with van der Waals surface area (Å²) in [7, 11) is 0. The van der Waals surface area contributed by atoms with E-state index < -0.39 is 0 Å². The lowest BCUT2D eigenvalue weighted by Crippen LogP contribution is -2.47. The predicted octanol–water partition coefficient (Wildman–Crippen LogP) is 1.13. The summed E-state index contributed by atoms with van der Waals surface area (Å²) in [5, 5.41) is 3.35. The monoisotopic (exact) mass is 270 g/mol. The predicted molar refractivity (Wildman–Crippen MR) is 72.8 cm³/mol. The zero-order valence-corrected chi connectivity index (χ0v) is 12.1. The van der Waals surface area contributed by atoms with Gasteiger partial charge in [0.2, 0.25) is 5.91 Å². The van der Waals surface area contributed by atoms with Crippen LogP contribution < -0.4 is 5.32 Å². The summed E-state index contributed by atoms with van der Waals surface area (Å²) in [4.78, 5) is 14.0. The first-order valence-electron chi connectivity index (χ1n) is 7.44. The molecule has 1 N–H and O–H groups in total. The molecule has 110 valence electrons. The van der Waals surface area contributed by atoms with Gasteiger partial charge < -0.3 is 19.7 Å². The Morgan fingerprint density at radius 2 is 1.95 bits per heavy atom. The highest BCUT2D eigenvalue weighted by molar-refractivity contribution is 5.76. The Balaban J connectivity index is 1.67. The van der Waals surface area contributed by atoms with Crippen molar-refractivity contribution in [1.29, 1.82) is 0 Å². The Bertz CT molecular complexity index is 293. The number of hydrogen-bond donors (Lipinski definition) is 1. The third-order valence-electron chi connectivity index (χ3n) is 4.14. The van der Waals surface area contributed by atoms with Gasteiger partial charge in [-0.3, -0.25) is 4.79 Å². The van der Waals surface area contributed by atoms with Crippen molar-refractivity contribution in [2.45, 2.75) is 51.4 Å². The van der Waals surface area contributed by atoms with E-state index >= 15 is 0 Å². The van der Waals surface area contributed by atoms with Crippen LogP contribution in [-0.2, 0) is 14.3 Å². The van der Waals surface area contributed by atoms with Gasteiger partial charge in [-0.05, 0) is 13.3 Å². The smallest absolute Gasteiger partial charge is 0.223 e. The first kappa shape index (κ1) is 14.8. The first-order chi connectivity index (χ1) is 9.15. The fourth-order valence-electron chi connectivity index (χ4n) is 2.61. The molecule has 2 rings (SSSR count). The van der Waals surface area contributed by atoms with Gasteiger partial charge >= 0.3 is 0 Å². The van der Waals surface area contributed by atoms with Gasteiger partial charge in [-0.15, -0.1) is 0 Å². The minimum atomic E-state index is -0.383. The summed E-state index contributed by atoms with van der Waals surface area (Å²) in [6.07, 6.45) is 3.28. The highest BCUT2D eigenvalue weighted by atomic mass is 16.7. The summed E-state index contributed by atoms with van der Waals surface area (Å²) in [6.45, 7) is 7.93. The molecule has 0 aromatic heterocycles. The maximum absolute atomic E-state index is 12.1. The molecule has 2 aliphatic rings. The second kappa shape index (κ2) is 6.68. The molecule has 5 heteroatoms. The summed E-state index contributed by atoms with van der Waals surface area (Å²) >= 11 is 0. The van der Waals surface area contributed by atoms with Crippen molar-refractivity contribution in [2.75, 3.05) is 32.8 Å². The molecule has 0 aromatic carbocycles. The van der Waals surface area contributed by atoms with Crippen LogP contribution in [0.25, 0.3) is 0 Å². The average molecular weight is 270 g/mol. The zero-order chi connectivity index (χ0) is 13.7. The fourth-order valence-corrected chi connectivity index (χ4v) is 2.61. The van der Waals surface area contributed by atoms with Crippen molar-refractivity contribution in [1.82, 2.24) is 10.2 Å². The molecule has 5 nitrogen and oxygen atoms in total. The molecular formula is C14H26N2O3. The normalized spacial score (nSPS) is 23.8. The van der Waals surface area contributed by atoms with E-state index in [1.165, 1.54) is 0 Å². The molecule has 2 saturated heterocycles. The van der Waals surface area contributed by atoms with Gasteiger partial charge in [-0.25, -0.2) is 0 Å². The summed E-state index contributed by atoms with van der Waals surface area (Å²) in [5.41, 5.74) is 0. The Morgan fingerprint density at radius 1 is 1.32 bits per heavy atom. The molecule has 0 saturated carbocycles. The quantitative estimate of drug-likeness (QED) is 0.813. The molecular weight excluding hydrogens is 244 g/mol. The number of piperidine rings is 1. The number of hydrogen-bond acceptors (Lipinski definition) is 4. The minimum Gasteiger partial charge on any atom is -0.347 e. The molecule has 19 heavy (non-hydrogen) atoms. The zero-order valence-electron chi connectivity index (χ0n) is 12.1. The number of rotatable bonds is 5. The van der Waals surface area contributed by atoms with Crippen molar-refractivity contribution >= 4 is 5.91 Å². The van der Waals surface area contributed by atoms with E-state index in [0.29, 0.717) is 25.7 Å². The molecule has 0 bridgehead atoms. The van der Waals surface area contributed by atoms with Crippen LogP contribution in [0.5, 0.6) is 0 Å². The Morgan fingerprint density at radius 3 is 2.53 bits per heavy atom. The summed E-state index contributed by atoms with van der Waals surface area (Å²) in [5.74, 6) is -0.144. The summed E-state index contributed by atoms with van der Waals surface area (Å²) < 4.78 is 11.3. The molecule has 1 spiro atoms. The number of nitrogens with one attached hydrogen (secondary N) is 1. The van der Waals surface area contributed by atoms with E-state index in [9.17, 15) is 4.79 Å². The van der Waals surface area contributed by atoms with Crippen molar-refractivity contribution in [3.8, 4) is 0 Å². The van der Waals surface area contributed by atoms with Crippen LogP contribution in [0.1, 0.15) is 39.5 Å². The van der Waals surface area contributed by atoms with Crippen molar-refractivity contribution in [2.24, 2.45) is 0 Å². The lowest BCUT2D eigenvalue weighted by Gasteiger charge is -2.37. The molecule has 1 atom stereocenters. The minimum absolute atomic E-state index is 0.239. The molecule has 1 unspecified atom stereocenters. The SMILES string of the molecule is CCC(C)NCCC(=O)N1CCC2(CC1)OCCO2. The standard InChI is InChI=1S/C14H26N2O3/c1-3-12(2)15-7-4-13(17)16-8-5-14(6-9-16)18-10-11-19-14/h12,15H,3-11H2,1-2H3. The largest absolute Gasteiger partial charge is 0.347 e. The number of carbonyl (C=O) groups is 1. The fraction of sp³-hybridized carbons (Fsp3) is 0.929. The Labute approximate surface area is 115 Å². The molecule has 2 fully saturated rings. The maximum atomic E-state index is 12.1. The average Bonchev–Trinajstić information content (AvgIpc) is 2.87. The van der Waals surface area contributed by atoms with E-state index in [0.717, 1.165) is 38.9 Å². The number of amides is 1. The molecule has 1 amide bonds. The molecule has 2 heterocycles. The van der Waals surface area contributed by atoms with E-state index in [4.69, 9.17) is 9.47 Å². The molecule has 0 radical (unpaired) electrons. The van der Waals surface area contributed by atoms with Gasteiger partial charge in [0, 0.05) is 44.9 Å². The topological polar surface area (TPSA) is 50.8 Å². The van der Waals surface area contributed by atoms with Gasteiger partial charge in [0.05, 0.1) is 13.2 Å². The van der Waals surface area contributed by atoms with Gasteiger partial charge in [-0.1, -0.05) is 6.92 Å². The van der Waals surface area contributed by atoms with E-state index in [1.54, 1.807) is 0 Å². The van der Waals surface area contributed by atoms with Crippen molar-refractivity contribution in [3.05, 3.63) is 0 Å². The van der Waals surface area contributed by atoms with E-state index in [-0.39, 0.29) is 11.7 Å². The van der Waals surface area contributed by atoms with E-state index in [1.807, 2.05) is 4.90 Å². The van der Waals surface area contributed by atoms with Crippen LogP contribution in [-0.4, -0.2) is 55.5 Å². The van der Waals surface area contributed by atoms with Crippen LogP contribution in [0.3, 0.4) is 0 Å². The van der Waals surface area contributed by atoms with Gasteiger partial charge in [0.15, 0.2) is 5.79 Å². The first-order valence-corrected chi connectivity index (χ1v) is 7.44. The molecule has 2 aliphatic heterocycles. The van der Waals surface area contributed by atoms with Gasteiger partial charge in [-0.2, -0.15) is 0 Å². The second-order valence-corrected chi connectivity index (χ2v) is 5.50. The second-order valence-electron chi connectivity index (χ2n) is 5.50. The van der Waals surface area contributed by atoms with E-state index in [2.05, 4.69) is 19.2 Å². The van der Waals surface area contributed by atoms with Gasteiger partial charge in [0.1, 0.15) is 0 Å². The Kier molecular flexibility index (Phi) is 5.19. The van der Waals surface area contributed by atoms with Gasteiger partial charge in [0.25, 0.3) is 0 Å². The molecule has 0 aromatic rings. The van der Waals surface area contributed by atoms with Crippen LogP contribution >= 0.6 is 0 Å². The third kappa shape index (κ3) is 3.91. The van der Waals surface area contributed by atoms with Crippen molar-refractivity contribution in [3.63, 3.8) is 0 Å². The number of ether oxygens (including phenoxy) is 2. The van der Waals surface area contributed by atoms with Crippen LogP contribution in [0.2, 0.25) is 0 Å². The lowest BCUT2D eigenvalue weighted by atomic mass is 10.0. The van der Waals surface area contributed by atoms with Crippen LogP contribution in [0, 0.1) is 0 Å². The maximum Gasteiger partial charge on any atom is 0.223 e. The number of nitrogens with zero attached hydrogens (tertiary/aromatic N) is 1. The third-order valence-corrected chi connectivity index (χ3v) is 4.14. The van der Waals surface area contributed by atoms with Crippen molar-refractivity contribution < 1.29 is 14.3 Å². The summed E-state index contributed by atoms with van der Waals surface area (Å²) in [6, 6.07) is 0.484. The van der Waals surface area contributed by atoms with Crippen LogP contribution in [0.4, 0.5) is 0 Å². The lowest BCUT2D eigenvalue weighted by molar-refractivity contribution is -0.187. The number of likely N-dealkylation sites (tertiary alicyclic amines) is 1. The highest BCUT2D eigenvalue weighted by Gasteiger charge is 2.40. The van der Waals surface area contributed by atoms with Crippen LogP contribution in [0.15, 0.2) is 0 Å². The highest BCUT2D eigenvalue weighted by Crippen LogP contribution is 2.31. The number of carbonyl (C=O) groups excluding carboxylic acids is 1.